The van der Waals surface area contributed by atoms with Crippen LogP contribution in [-0.2, 0) is 19.6 Å². The number of morpholine rings is 1. The molecule has 7 nitrogen and oxygen atoms in total. The molecule has 0 saturated carbocycles. The SMILES string of the molecule is Cc1ccc(NC(=O)C2CNCCO2)cc1S(=O)(=O)N1CCCCCC1.Cl. The van der Waals surface area contributed by atoms with Gasteiger partial charge in [-0.3, -0.25) is 4.79 Å². The Morgan fingerprint density at radius 2 is 1.93 bits per heavy atom. The van der Waals surface area contributed by atoms with E-state index < -0.39 is 16.1 Å². The minimum Gasteiger partial charge on any atom is -0.366 e. The van der Waals surface area contributed by atoms with E-state index in [0.29, 0.717) is 37.5 Å². The zero-order valence-electron chi connectivity index (χ0n) is 15.6. The van der Waals surface area contributed by atoms with Crippen LogP contribution in [-0.4, -0.2) is 57.5 Å². The van der Waals surface area contributed by atoms with Crippen LogP contribution in [0.1, 0.15) is 31.2 Å². The van der Waals surface area contributed by atoms with Crippen molar-refractivity contribution >= 4 is 34.0 Å². The number of halogens is 1. The van der Waals surface area contributed by atoms with Gasteiger partial charge in [0.25, 0.3) is 5.91 Å². The Morgan fingerprint density at radius 1 is 1.22 bits per heavy atom. The number of hydrogen-bond donors (Lipinski definition) is 2. The molecule has 1 atom stereocenters. The Labute approximate surface area is 167 Å². The number of benzene rings is 1. The van der Waals surface area contributed by atoms with Crippen LogP contribution >= 0.6 is 12.4 Å². The topological polar surface area (TPSA) is 87.7 Å². The first kappa shape index (κ1) is 22.1. The minimum absolute atomic E-state index is 0. The minimum atomic E-state index is -3.56. The number of aryl methyl sites for hydroxylation is 1. The molecule has 152 valence electrons. The van der Waals surface area contributed by atoms with Gasteiger partial charge in [-0.15, -0.1) is 12.4 Å². The molecule has 0 bridgehead atoms. The van der Waals surface area contributed by atoms with E-state index in [1.54, 1.807) is 29.4 Å². The van der Waals surface area contributed by atoms with Crippen LogP contribution in [0.4, 0.5) is 5.69 Å². The van der Waals surface area contributed by atoms with Crippen molar-refractivity contribution in [1.82, 2.24) is 9.62 Å². The highest BCUT2D eigenvalue weighted by Crippen LogP contribution is 2.26. The Hall–Kier alpha value is -1.19. The van der Waals surface area contributed by atoms with Crippen molar-refractivity contribution in [3.05, 3.63) is 23.8 Å². The molecule has 2 aliphatic rings. The normalized spacial score (nSPS) is 21.7. The first-order chi connectivity index (χ1) is 12.5. The predicted molar refractivity (Wildman–Crippen MR) is 107 cm³/mol. The maximum Gasteiger partial charge on any atom is 0.254 e. The maximum absolute atomic E-state index is 13.1. The third-order valence-electron chi connectivity index (χ3n) is 4.86. The molecule has 2 N–H and O–H groups in total. The number of ether oxygens (including phenoxy) is 1. The summed E-state index contributed by atoms with van der Waals surface area (Å²) in [5.74, 6) is -0.265. The van der Waals surface area contributed by atoms with Crippen molar-refractivity contribution in [3.8, 4) is 0 Å². The van der Waals surface area contributed by atoms with Crippen molar-refractivity contribution in [1.29, 1.82) is 0 Å². The van der Waals surface area contributed by atoms with E-state index in [4.69, 9.17) is 4.74 Å². The summed E-state index contributed by atoms with van der Waals surface area (Å²) in [6.07, 6.45) is 3.35. The summed E-state index contributed by atoms with van der Waals surface area (Å²) in [5.41, 5.74) is 1.16. The lowest BCUT2D eigenvalue weighted by Crippen LogP contribution is -2.45. The van der Waals surface area contributed by atoms with E-state index in [2.05, 4.69) is 10.6 Å². The summed E-state index contributed by atoms with van der Waals surface area (Å²) in [5, 5.41) is 5.89. The molecule has 1 unspecified atom stereocenters. The lowest BCUT2D eigenvalue weighted by molar-refractivity contribution is -0.128. The Bertz CT molecular complexity index is 743. The van der Waals surface area contributed by atoms with Gasteiger partial charge in [0.05, 0.1) is 11.5 Å². The molecule has 1 amide bonds. The fourth-order valence-corrected chi connectivity index (χ4v) is 5.10. The molecule has 1 aromatic carbocycles. The first-order valence-electron chi connectivity index (χ1n) is 9.22. The molecule has 2 aliphatic heterocycles. The largest absolute Gasteiger partial charge is 0.366 e. The van der Waals surface area contributed by atoms with Crippen molar-refractivity contribution in [2.45, 2.75) is 43.6 Å². The summed E-state index contributed by atoms with van der Waals surface area (Å²) >= 11 is 0. The van der Waals surface area contributed by atoms with Gasteiger partial charge in [0, 0.05) is 31.9 Å². The number of amides is 1. The number of rotatable bonds is 4. The monoisotopic (exact) mass is 417 g/mol. The second-order valence-electron chi connectivity index (χ2n) is 6.85. The van der Waals surface area contributed by atoms with Gasteiger partial charge in [0.15, 0.2) is 0 Å². The van der Waals surface area contributed by atoms with E-state index in [1.807, 2.05) is 0 Å². The van der Waals surface area contributed by atoms with Crippen molar-refractivity contribution < 1.29 is 17.9 Å². The van der Waals surface area contributed by atoms with Crippen molar-refractivity contribution in [3.63, 3.8) is 0 Å². The second-order valence-corrected chi connectivity index (χ2v) is 8.76. The van der Waals surface area contributed by atoms with Crippen molar-refractivity contribution in [2.75, 3.05) is 38.1 Å². The van der Waals surface area contributed by atoms with Gasteiger partial charge in [-0.05, 0) is 37.5 Å². The lowest BCUT2D eigenvalue weighted by atomic mass is 10.2. The smallest absolute Gasteiger partial charge is 0.254 e. The van der Waals surface area contributed by atoms with E-state index in [9.17, 15) is 13.2 Å². The van der Waals surface area contributed by atoms with Crippen LogP contribution in [0.5, 0.6) is 0 Å². The molecule has 1 aromatic rings. The molecule has 0 aromatic heterocycles. The molecule has 2 saturated heterocycles. The van der Waals surface area contributed by atoms with Crippen LogP contribution in [0.15, 0.2) is 23.1 Å². The van der Waals surface area contributed by atoms with Gasteiger partial charge in [0.1, 0.15) is 6.10 Å². The van der Waals surface area contributed by atoms with Gasteiger partial charge in [-0.25, -0.2) is 8.42 Å². The van der Waals surface area contributed by atoms with E-state index in [-0.39, 0.29) is 23.2 Å². The number of anilines is 1. The molecule has 0 spiro atoms. The van der Waals surface area contributed by atoms with Crippen LogP contribution in [0.2, 0.25) is 0 Å². The zero-order valence-corrected chi connectivity index (χ0v) is 17.2. The molecule has 2 fully saturated rings. The molecule has 27 heavy (non-hydrogen) atoms. The number of nitrogens with zero attached hydrogens (tertiary/aromatic N) is 1. The average molecular weight is 418 g/mol. The summed E-state index contributed by atoms with van der Waals surface area (Å²) in [4.78, 5) is 12.6. The van der Waals surface area contributed by atoms with Crippen LogP contribution in [0.25, 0.3) is 0 Å². The highest BCUT2D eigenvalue weighted by Gasteiger charge is 2.28. The third kappa shape index (κ3) is 5.42. The fourth-order valence-electron chi connectivity index (χ4n) is 3.33. The first-order valence-corrected chi connectivity index (χ1v) is 10.7. The number of sulfonamides is 1. The number of nitrogens with one attached hydrogen (secondary N) is 2. The van der Waals surface area contributed by atoms with Crippen LogP contribution in [0.3, 0.4) is 0 Å². The van der Waals surface area contributed by atoms with E-state index in [0.717, 1.165) is 32.2 Å². The predicted octanol–water partition coefficient (Wildman–Crippen LogP) is 1.91. The average Bonchev–Trinajstić information content (AvgIpc) is 2.94. The van der Waals surface area contributed by atoms with Gasteiger partial charge in [-0.1, -0.05) is 18.9 Å². The Kier molecular flexibility index (Phi) is 8.05. The summed E-state index contributed by atoms with van der Waals surface area (Å²) in [6, 6.07) is 5.02. The van der Waals surface area contributed by atoms with Gasteiger partial charge in [-0.2, -0.15) is 4.31 Å². The molecule has 0 aliphatic carbocycles. The highest BCUT2D eigenvalue weighted by atomic mass is 35.5. The third-order valence-corrected chi connectivity index (χ3v) is 6.90. The summed E-state index contributed by atoms with van der Waals surface area (Å²) in [6.45, 7) is 4.56. The molecule has 0 radical (unpaired) electrons. The standard InChI is InChI=1S/C18H27N3O4S.ClH/c1-14-6-7-15(20-18(22)16-13-19-8-11-25-16)12-17(14)26(23,24)21-9-4-2-3-5-10-21;/h6-7,12,16,19H,2-5,8-11,13H2,1H3,(H,20,22);1H. The Balaban J connectivity index is 0.00000261. The van der Waals surface area contributed by atoms with Crippen LogP contribution < -0.4 is 10.6 Å². The number of carbonyl (C=O) groups is 1. The lowest BCUT2D eigenvalue weighted by Gasteiger charge is -2.23. The van der Waals surface area contributed by atoms with E-state index in [1.165, 1.54) is 0 Å². The van der Waals surface area contributed by atoms with Gasteiger partial charge in [0.2, 0.25) is 10.0 Å². The summed E-state index contributed by atoms with van der Waals surface area (Å²) < 4.78 is 33.2. The second kappa shape index (κ2) is 9.84. The molecule has 3 rings (SSSR count). The Morgan fingerprint density at radius 3 is 2.56 bits per heavy atom. The van der Waals surface area contributed by atoms with Gasteiger partial charge >= 0.3 is 0 Å². The maximum atomic E-state index is 13.1. The van der Waals surface area contributed by atoms with E-state index >= 15 is 0 Å². The number of hydrogen-bond acceptors (Lipinski definition) is 5. The highest BCUT2D eigenvalue weighted by molar-refractivity contribution is 7.89. The van der Waals surface area contributed by atoms with Crippen molar-refractivity contribution in [2.24, 2.45) is 0 Å². The van der Waals surface area contributed by atoms with Gasteiger partial charge < -0.3 is 15.4 Å². The molecule has 2 heterocycles. The quantitative estimate of drug-likeness (QED) is 0.781. The van der Waals surface area contributed by atoms with Crippen LogP contribution in [0, 0.1) is 6.92 Å². The number of carbonyl (C=O) groups excluding carboxylic acids is 1. The zero-order chi connectivity index (χ0) is 18.6. The molecular weight excluding hydrogens is 390 g/mol. The fraction of sp³-hybridized carbons (Fsp3) is 0.611. The molecule has 9 heteroatoms. The summed E-state index contributed by atoms with van der Waals surface area (Å²) in [7, 11) is -3.56. The molecular formula is C18H28ClN3O4S.